The molecule has 2 aromatic heterocycles. The van der Waals surface area contributed by atoms with E-state index in [0.717, 1.165) is 21.0 Å². The van der Waals surface area contributed by atoms with Gasteiger partial charge in [-0.05, 0) is 43.7 Å². The average molecular weight is 401 g/mol. The van der Waals surface area contributed by atoms with Gasteiger partial charge in [0.25, 0.3) is 5.56 Å². The number of carbonyl (C=O) groups is 1. The second-order valence-corrected chi connectivity index (χ2v) is 7.55. The summed E-state index contributed by atoms with van der Waals surface area (Å²) in [6.45, 7) is 4.67. The van der Waals surface area contributed by atoms with Crippen LogP contribution in [0.2, 0.25) is 0 Å². The van der Waals surface area contributed by atoms with E-state index in [4.69, 9.17) is 9.47 Å². The third kappa shape index (κ3) is 4.69. The Labute approximate surface area is 166 Å². The molecule has 3 aromatic rings. The second-order valence-electron chi connectivity index (χ2n) is 6.35. The monoisotopic (exact) mass is 401 g/mol. The van der Waals surface area contributed by atoms with Gasteiger partial charge in [-0.15, -0.1) is 11.3 Å². The van der Waals surface area contributed by atoms with Gasteiger partial charge < -0.3 is 19.8 Å². The molecular formula is C20H23N3O4S. The quantitative estimate of drug-likeness (QED) is 0.566. The van der Waals surface area contributed by atoms with Gasteiger partial charge in [0.15, 0.2) is 0 Å². The SMILES string of the molecule is COc1ccc(OCCNC(=O)CCc2nc3sc(C)c(C)c3c(=O)[nH]2)cc1. The van der Waals surface area contributed by atoms with Crippen LogP contribution in [0.25, 0.3) is 10.2 Å². The molecule has 0 aliphatic rings. The lowest BCUT2D eigenvalue weighted by Gasteiger charge is -2.08. The number of fused-ring (bicyclic) bond motifs is 1. The normalized spacial score (nSPS) is 10.8. The summed E-state index contributed by atoms with van der Waals surface area (Å²) in [5.74, 6) is 1.90. The molecule has 0 bridgehead atoms. The number of rotatable bonds is 8. The third-order valence-corrected chi connectivity index (χ3v) is 5.53. The predicted molar refractivity (Wildman–Crippen MR) is 110 cm³/mol. The molecule has 2 N–H and O–H groups in total. The zero-order chi connectivity index (χ0) is 20.1. The molecule has 0 spiro atoms. The first-order valence-electron chi connectivity index (χ1n) is 9.00. The van der Waals surface area contributed by atoms with Crippen LogP contribution < -0.4 is 20.3 Å². The number of methoxy groups -OCH3 is 1. The number of H-pyrrole nitrogens is 1. The van der Waals surface area contributed by atoms with Gasteiger partial charge in [0, 0.05) is 17.7 Å². The molecule has 0 atom stereocenters. The van der Waals surface area contributed by atoms with Crippen LogP contribution in [0.1, 0.15) is 22.7 Å². The molecule has 0 saturated carbocycles. The highest BCUT2D eigenvalue weighted by atomic mass is 32.1. The van der Waals surface area contributed by atoms with E-state index >= 15 is 0 Å². The summed E-state index contributed by atoms with van der Waals surface area (Å²) in [5, 5.41) is 3.45. The van der Waals surface area contributed by atoms with Crippen LogP contribution in [0.15, 0.2) is 29.1 Å². The number of nitrogens with zero attached hydrogens (tertiary/aromatic N) is 1. The highest BCUT2D eigenvalue weighted by Gasteiger charge is 2.12. The molecule has 8 heteroatoms. The van der Waals surface area contributed by atoms with Crippen LogP contribution in [0, 0.1) is 13.8 Å². The van der Waals surface area contributed by atoms with Crippen LogP contribution >= 0.6 is 11.3 Å². The van der Waals surface area contributed by atoms with Gasteiger partial charge in [0.05, 0.1) is 19.0 Å². The van der Waals surface area contributed by atoms with Crippen LogP contribution in [0.4, 0.5) is 0 Å². The van der Waals surface area contributed by atoms with Gasteiger partial charge >= 0.3 is 0 Å². The highest BCUT2D eigenvalue weighted by Crippen LogP contribution is 2.25. The lowest BCUT2D eigenvalue weighted by molar-refractivity contribution is -0.121. The maximum atomic E-state index is 12.3. The van der Waals surface area contributed by atoms with E-state index in [2.05, 4.69) is 15.3 Å². The van der Waals surface area contributed by atoms with Gasteiger partial charge in [0.2, 0.25) is 5.91 Å². The van der Waals surface area contributed by atoms with Crippen molar-refractivity contribution in [2.24, 2.45) is 0 Å². The molecule has 0 radical (unpaired) electrons. The highest BCUT2D eigenvalue weighted by molar-refractivity contribution is 7.18. The number of carbonyl (C=O) groups excluding carboxylic acids is 1. The first kappa shape index (κ1) is 19.9. The number of nitrogens with one attached hydrogen (secondary N) is 2. The Balaban J connectivity index is 1.45. The van der Waals surface area contributed by atoms with Crippen molar-refractivity contribution in [3.05, 3.63) is 50.9 Å². The fourth-order valence-corrected chi connectivity index (χ4v) is 3.82. The van der Waals surface area contributed by atoms with Crippen LogP contribution in [0.5, 0.6) is 11.5 Å². The zero-order valence-electron chi connectivity index (χ0n) is 16.1. The number of thiophene rings is 1. The second kappa shape index (κ2) is 8.88. The molecule has 1 amide bonds. The first-order valence-corrected chi connectivity index (χ1v) is 9.82. The number of ether oxygens (including phenoxy) is 2. The molecule has 28 heavy (non-hydrogen) atoms. The molecule has 0 unspecified atom stereocenters. The molecule has 0 saturated heterocycles. The van der Waals surface area contributed by atoms with Crippen LogP contribution in [0.3, 0.4) is 0 Å². The number of hydrogen-bond donors (Lipinski definition) is 2. The lowest BCUT2D eigenvalue weighted by Crippen LogP contribution is -2.28. The lowest BCUT2D eigenvalue weighted by atomic mass is 10.2. The van der Waals surface area contributed by atoms with Crippen molar-refractivity contribution in [3.63, 3.8) is 0 Å². The fraction of sp³-hybridized carbons (Fsp3) is 0.350. The molecule has 7 nitrogen and oxygen atoms in total. The summed E-state index contributed by atoms with van der Waals surface area (Å²) in [4.78, 5) is 33.3. The first-order chi connectivity index (χ1) is 13.5. The standard InChI is InChI=1S/C20H23N3O4S/c1-12-13(2)28-20-18(12)19(25)22-16(23-20)8-9-17(24)21-10-11-27-15-6-4-14(26-3)5-7-15/h4-7H,8-11H2,1-3H3,(H,21,24)(H,22,23,25). The van der Waals surface area contributed by atoms with Gasteiger partial charge in [-0.25, -0.2) is 4.98 Å². The minimum Gasteiger partial charge on any atom is -0.497 e. The van der Waals surface area contributed by atoms with Gasteiger partial charge in [0.1, 0.15) is 28.8 Å². The maximum absolute atomic E-state index is 12.3. The van der Waals surface area contributed by atoms with Crippen molar-refractivity contribution in [1.82, 2.24) is 15.3 Å². The van der Waals surface area contributed by atoms with Crippen LogP contribution in [-0.2, 0) is 11.2 Å². The largest absolute Gasteiger partial charge is 0.497 e. The van der Waals surface area contributed by atoms with E-state index in [-0.39, 0.29) is 17.9 Å². The molecule has 0 aliphatic heterocycles. The molecule has 2 heterocycles. The molecule has 1 aromatic carbocycles. The Hall–Kier alpha value is -2.87. The van der Waals surface area contributed by atoms with Gasteiger partial charge in [-0.2, -0.15) is 0 Å². The van der Waals surface area contributed by atoms with E-state index < -0.39 is 0 Å². The van der Waals surface area contributed by atoms with Crippen LogP contribution in [-0.4, -0.2) is 36.1 Å². The van der Waals surface area contributed by atoms with Crippen molar-refractivity contribution in [2.45, 2.75) is 26.7 Å². The average Bonchev–Trinajstić information content (AvgIpc) is 2.98. The Morgan fingerprint density at radius 1 is 1.21 bits per heavy atom. The Bertz CT molecular complexity index is 1020. The summed E-state index contributed by atoms with van der Waals surface area (Å²) in [6, 6.07) is 7.25. The van der Waals surface area contributed by atoms with E-state index in [1.54, 1.807) is 7.11 Å². The molecule has 0 aliphatic carbocycles. The predicted octanol–water partition coefficient (Wildman–Crippen LogP) is 2.74. The molecule has 148 valence electrons. The fourth-order valence-electron chi connectivity index (χ4n) is 2.77. The number of aromatic amines is 1. The minimum absolute atomic E-state index is 0.111. The third-order valence-electron chi connectivity index (χ3n) is 4.43. The number of amides is 1. The summed E-state index contributed by atoms with van der Waals surface area (Å²) >= 11 is 1.50. The van der Waals surface area contributed by atoms with Gasteiger partial charge in [-0.3, -0.25) is 9.59 Å². The van der Waals surface area contributed by atoms with Crippen molar-refractivity contribution < 1.29 is 14.3 Å². The summed E-state index contributed by atoms with van der Waals surface area (Å²) < 4.78 is 10.7. The summed E-state index contributed by atoms with van der Waals surface area (Å²) in [6.07, 6.45) is 0.632. The Morgan fingerprint density at radius 3 is 2.64 bits per heavy atom. The maximum Gasteiger partial charge on any atom is 0.259 e. The topological polar surface area (TPSA) is 93.3 Å². The molecule has 0 fully saturated rings. The minimum atomic E-state index is -0.143. The molecular weight excluding hydrogens is 378 g/mol. The Morgan fingerprint density at radius 2 is 1.93 bits per heavy atom. The van der Waals surface area contributed by atoms with Crippen molar-refractivity contribution in [2.75, 3.05) is 20.3 Å². The Kier molecular flexibility index (Phi) is 6.30. The van der Waals surface area contributed by atoms with E-state index in [1.165, 1.54) is 11.3 Å². The smallest absolute Gasteiger partial charge is 0.259 e. The molecule has 3 rings (SSSR count). The number of aryl methyl sites for hydroxylation is 3. The van der Waals surface area contributed by atoms with Crippen molar-refractivity contribution in [1.29, 1.82) is 0 Å². The van der Waals surface area contributed by atoms with Gasteiger partial charge in [-0.1, -0.05) is 0 Å². The van der Waals surface area contributed by atoms with Crippen molar-refractivity contribution in [3.8, 4) is 11.5 Å². The number of aromatic nitrogens is 2. The van der Waals surface area contributed by atoms with Crippen molar-refractivity contribution >= 4 is 27.5 Å². The number of hydrogen-bond acceptors (Lipinski definition) is 6. The zero-order valence-corrected chi connectivity index (χ0v) is 16.9. The van der Waals surface area contributed by atoms with E-state index in [9.17, 15) is 9.59 Å². The summed E-state index contributed by atoms with van der Waals surface area (Å²) in [5.41, 5.74) is 0.824. The van der Waals surface area contributed by atoms with E-state index in [1.807, 2.05) is 38.1 Å². The summed E-state index contributed by atoms with van der Waals surface area (Å²) in [7, 11) is 1.61. The van der Waals surface area contributed by atoms with E-state index in [0.29, 0.717) is 36.5 Å². The number of benzene rings is 1.